The molecule has 0 bridgehead atoms. The monoisotopic (exact) mass is 233 g/mol. The van der Waals surface area contributed by atoms with Crippen molar-refractivity contribution in [1.82, 2.24) is 25.3 Å². The first-order chi connectivity index (χ1) is 8.29. The van der Waals surface area contributed by atoms with Gasteiger partial charge in [-0.2, -0.15) is 10.2 Å². The molecule has 5 heteroatoms. The molecule has 2 aromatic heterocycles. The van der Waals surface area contributed by atoms with Crippen LogP contribution >= 0.6 is 0 Å². The molecule has 0 aliphatic carbocycles. The van der Waals surface area contributed by atoms with Gasteiger partial charge in [-0.3, -0.25) is 9.78 Å². The van der Waals surface area contributed by atoms with Crippen molar-refractivity contribution in [3.63, 3.8) is 0 Å². The van der Waals surface area contributed by atoms with Gasteiger partial charge in [0.2, 0.25) is 0 Å². The van der Waals surface area contributed by atoms with E-state index in [0.29, 0.717) is 6.04 Å². The number of hydrogen-bond acceptors (Lipinski definition) is 3. The molecule has 17 heavy (non-hydrogen) atoms. The lowest BCUT2D eigenvalue weighted by molar-refractivity contribution is 0.572. The Kier molecular flexibility index (Phi) is 3.93. The largest absolute Gasteiger partial charge is 0.306 e. The van der Waals surface area contributed by atoms with E-state index in [-0.39, 0.29) is 0 Å². The number of aryl methyl sites for hydroxylation is 1. The lowest BCUT2D eigenvalue weighted by atomic mass is 10.2. The van der Waals surface area contributed by atoms with Crippen molar-refractivity contribution in [2.75, 3.05) is 0 Å². The average Bonchev–Trinajstić information content (AvgIpc) is 2.97. The van der Waals surface area contributed by atoms with Gasteiger partial charge in [0.1, 0.15) is 0 Å². The highest BCUT2D eigenvalue weighted by Gasteiger charge is 2.06. The predicted octanol–water partition coefficient (Wildman–Crippen LogP) is 1.87. The molecule has 1 unspecified atom stereocenters. The zero-order chi connectivity index (χ0) is 12.1. The zero-order valence-electron chi connectivity index (χ0n) is 10.3. The standard InChI is InChI=1S/C12H19N5/c1-3-4-17-9-11(6-16-17)5-13-10(2)12-7-14-15-8-12/h6-10,13H,3-5H2,1-2H3,(H,14,15). The average molecular weight is 233 g/mol. The van der Waals surface area contributed by atoms with Crippen LogP contribution in [0.4, 0.5) is 0 Å². The summed E-state index contributed by atoms with van der Waals surface area (Å²) in [5.41, 5.74) is 2.39. The van der Waals surface area contributed by atoms with Gasteiger partial charge in [-0.05, 0) is 13.3 Å². The summed E-state index contributed by atoms with van der Waals surface area (Å²) in [5.74, 6) is 0. The summed E-state index contributed by atoms with van der Waals surface area (Å²) in [6.07, 6.45) is 8.89. The van der Waals surface area contributed by atoms with Crippen LogP contribution in [0, 0.1) is 0 Å². The first-order valence-electron chi connectivity index (χ1n) is 6.03. The van der Waals surface area contributed by atoms with Crippen LogP contribution in [0.15, 0.2) is 24.8 Å². The van der Waals surface area contributed by atoms with Crippen molar-refractivity contribution >= 4 is 0 Å². The van der Waals surface area contributed by atoms with E-state index in [1.165, 1.54) is 11.1 Å². The second-order valence-electron chi connectivity index (χ2n) is 4.25. The van der Waals surface area contributed by atoms with Crippen LogP contribution in [0.1, 0.15) is 37.4 Å². The van der Waals surface area contributed by atoms with Gasteiger partial charge in [0.15, 0.2) is 0 Å². The number of aromatic nitrogens is 4. The summed E-state index contributed by atoms with van der Waals surface area (Å²) in [7, 11) is 0. The highest BCUT2D eigenvalue weighted by atomic mass is 15.3. The van der Waals surface area contributed by atoms with Crippen LogP contribution in [-0.4, -0.2) is 20.0 Å². The van der Waals surface area contributed by atoms with E-state index >= 15 is 0 Å². The van der Waals surface area contributed by atoms with Crippen molar-refractivity contribution in [3.05, 3.63) is 35.9 Å². The number of nitrogens with one attached hydrogen (secondary N) is 2. The smallest absolute Gasteiger partial charge is 0.0534 e. The highest BCUT2D eigenvalue weighted by Crippen LogP contribution is 2.10. The summed E-state index contributed by atoms with van der Waals surface area (Å²) < 4.78 is 1.99. The summed E-state index contributed by atoms with van der Waals surface area (Å²) >= 11 is 0. The van der Waals surface area contributed by atoms with E-state index in [1.54, 1.807) is 0 Å². The first-order valence-corrected chi connectivity index (χ1v) is 6.03. The van der Waals surface area contributed by atoms with Crippen LogP contribution in [0.2, 0.25) is 0 Å². The molecule has 0 aromatic carbocycles. The molecule has 0 aliphatic heterocycles. The lowest BCUT2D eigenvalue weighted by Crippen LogP contribution is -2.17. The molecule has 0 saturated carbocycles. The molecule has 2 N–H and O–H groups in total. The van der Waals surface area contributed by atoms with Gasteiger partial charge in [-0.25, -0.2) is 0 Å². The van der Waals surface area contributed by atoms with Gasteiger partial charge >= 0.3 is 0 Å². The van der Waals surface area contributed by atoms with Crippen molar-refractivity contribution in [2.45, 2.75) is 39.4 Å². The molecule has 0 amide bonds. The van der Waals surface area contributed by atoms with Crippen LogP contribution in [0.3, 0.4) is 0 Å². The molecule has 0 spiro atoms. The quantitative estimate of drug-likeness (QED) is 0.800. The molecule has 1 atom stereocenters. The van der Waals surface area contributed by atoms with Crippen molar-refractivity contribution in [3.8, 4) is 0 Å². The fourth-order valence-electron chi connectivity index (χ4n) is 1.74. The third kappa shape index (κ3) is 3.17. The number of rotatable bonds is 6. The maximum Gasteiger partial charge on any atom is 0.0534 e. The topological polar surface area (TPSA) is 58.5 Å². The molecule has 2 heterocycles. The minimum absolute atomic E-state index is 0.295. The van der Waals surface area contributed by atoms with Gasteiger partial charge in [0, 0.05) is 42.7 Å². The van der Waals surface area contributed by atoms with E-state index in [0.717, 1.165) is 19.5 Å². The Hall–Kier alpha value is -1.62. The molecule has 0 fully saturated rings. The molecular formula is C12H19N5. The van der Waals surface area contributed by atoms with Crippen molar-refractivity contribution < 1.29 is 0 Å². The Morgan fingerprint density at radius 1 is 1.47 bits per heavy atom. The number of H-pyrrole nitrogens is 1. The first kappa shape index (κ1) is 11.9. The second-order valence-corrected chi connectivity index (χ2v) is 4.25. The lowest BCUT2D eigenvalue weighted by Gasteiger charge is -2.10. The van der Waals surface area contributed by atoms with E-state index in [1.807, 2.05) is 23.3 Å². The molecule has 2 rings (SSSR count). The molecule has 2 aromatic rings. The van der Waals surface area contributed by atoms with E-state index in [9.17, 15) is 0 Å². The maximum absolute atomic E-state index is 4.30. The van der Waals surface area contributed by atoms with Gasteiger partial charge in [0.25, 0.3) is 0 Å². The van der Waals surface area contributed by atoms with Crippen LogP contribution < -0.4 is 5.32 Å². The third-order valence-corrected chi connectivity index (χ3v) is 2.77. The molecule has 0 aliphatic rings. The Labute approximate surface area is 101 Å². The molecule has 0 radical (unpaired) electrons. The second kappa shape index (κ2) is 5.63. The third-order valence-electron chi connectivity index (χ3n) is 2.77. The predicted molar refractivity (Wildman–Crippen MR) is 66.4 cm³/mol. The minimum atomic E-state index is 0.295. The van der Waals surface area contributed by atoms with E-state index in [2.05, 4.69) is 40.7 Å². The molecule has 0 saturated heterocycles. The van der Waals surface area contributed by atoms with Gasteiger partial charge in [0.05, 0.1) is 12.4 Å². The Morgan fingerprint density at radius 3 is 3.06 bits per heavy atom. The molecular weight excluding hydrogens is 214 g/mol. The Morgan fingerprint density at radius 2 is 2.35 bits per heavy atom. The normalized spacial score (nSPS) is 12.8. The van der Waals surface area contributed by atoms with Gasteiger partial charge in [-0.1, -0.05) is 6.92 Å². The van der Waals surface area contributed by atoms with Crippen LogP contribution in [-0.2, 0) is 13.1 Å². The molecule has 5 nitrogen and oxygen atoms in total. The maximum atomic E-state index is 4.30. The van der Waals surface area contributed by atoms with Crippen LogP contribution in [0.25, 0.3) is 0 Å². The Bertz CT molecular complexity index is 431. The van der Waals surface area contributed by atoms with Crippen molar-refractivity contribution in [1.29, 1.82) is 0 Å². The van der Waals surface area contributed by atoms with Crippen molar-refractivity contribution in [2.24, 2.45) is 0 Å². The number of nitrogens with zero attached hydrogens (tertiary/aromatic N) is 3. The minimum Gasteiger partial charge on any atom is -0.306 e. The number of hydrogen-bond donors (Lipinski definition) is 2. The summed E-state index contributed by atoms with van der Waals surface area (Å²) in [5, 5.41) is 14.5. The van der Waals surface area contributed by atoms with Gasteiger partial charge in [-0.15, -0.1) is 0 Å². The highest BCUT2D eigenvalue weighted by molar-refractivity contribution is 5.09. The van der Waals surface area contributed by atoms with Gasteiger partial charge < -0.3 is 5.32 Å². The Balaban J connectivity index is 1.84. The van der Waals surface area contributed by atoms with Crippen LogP contribution in [0.5, 0.6) is 0 Å². The van der Waals surface area contributed by atoms with E-state index < -0.39 is 0 Å². The fourth-order valence-corrected chi connectivity index (χ4v) is 1.74. The molecule has 92 valence electrons. The fraction of sp³-hybridized carbons (Fsp3) is 0.500. The zero-order valence-corrected chi connectivity index (χ0v) is 10.3. The summed E-state index contributed by atoms with van der Waals surface area (Å²) in [6.45, 7) is 6.09. The number of aromatic amines is 1. The van der Waals surface area contributed by atoms with E-state index in [4.69, 9.17) is 0 Å². The SMILES string of the molecule is CCCn1cc(CNC(C)c2cn[nH]c2)cn1. The summed E-state index contributed by atoms with van der Waals surface area (Å²) in [6, 6.07) is 0.295. The summed E-state index contributed by atoms with van der Waals surface area (Å²) in [4.78, 5) is 0.